The summed E-state index contributed by atoms with van der Waals surface area (Å²) in [4.78, 5) is 11.0. The van der Waals surface area contributed by atoms with Gasteiger partial charge in [0.15, 0.2) is 0 Å². The molecule has 0 spiro atoms. The highest BCUT2D eigenvalue weighted by atomic mass is 79.9. The molecule has 0 heterocycles. The quantitative estimate of drug-likeness (QED) is 0.872. The maximum absolute atomic E-state index is 11.0. The van der Waals surface area contributed by atoms with Crippen LogP contribution in [0.25, 0.3) is 0 Å². The zero-order valence-corrected chi connectivity index (χ0v) is 9.76. The van der Waals surface area contributed by atoms with Crippen molar-refractivity contribution in [2.45, 2.75) is 0 Å². The van der Waals surface area contributed by atoms with Gasteiger partial charge in [-0.2, -0.15) is 5.26 Å². The summed E-state index contributed by atoms with van der Waals surface area (Å²) in [5.74, 6) is -0.103. The van der Waals surface area contributed by atoms with Crippen molar-refractivity contribution >= 4 is 27.5 Å². The van der Waals surface area contributed by atoms with E-state index in [2.05, 4.69) is 26.6 Å². The van der Waals surface area contributed by atoms with Crippen molar-refractivity contribution in [3.05, 3.63) is 28.2 Å². The van der Waals surface area contributed by atoms with Crippen molar-refractivity contribution in [2.75, 3.05) is 18.9 Å². The lowest BCUT2D eigenvalue weighted by molar-refractivity contribution is -0.118. The fourth-order valence-electron chi connectivity index (χ4n) is 1.03. The average molecular weight is 268 g/mol. The van der Waals surface area contributed by atoms with Gasteiger partial charge in [-0.25, -0.2) is 0 Å². The van der Waals surface area contributed by atoms with E-state index in [1.807, 2.05) is 12.1 Å². The summed E-state index contributed by atoms with van der Waals surface area (Å²) in [5, 5.41) is 14.2. The lowest BCUT2D eigenvalue weighted by Gasteiger charge is -2.06. The molecular weight excluding hydrogens is 258 g/mol. The second-order valence-corrected chi connectivity index (χ2v) is 3.78. The second kappa shape index (κ2) is 5.37. The Morgan fingerprint density at radius 2 is 2.27 bits per heavy atom. The third kappa shape index (κ3) is 3.60. The van der Waals surface area contributed by atoms with Crippen LogP contribution in [-0.2, 0) is 4.79 Å². The molecule has 0 radical (unpaired) electrons. The predicted octanol–water partition coefficient (Wildman–Crippen LogP) is 1.48. The molecule has 78 valence electrons. The molecule has 1 aromatic carbocycles. The molecule has 0 saturated carbocycles. The Balaban J connectivity index is 2.74. The first-order chi connectivity index (χ1) is 7.15. The van der Waals surface area contributed by atoms with Gasteiger partial charge in [0.2, 0.25) is 5.91 Å². The number of hydrogen-bond acceptors (Lipinski definition) is 3. The molecule has 1 amide bonds. The lowest BCUT2D eigenvalue weighted by Crippen LogP contribution is -2.26. The zero-order chi connectivity index (χ0) is 11.3. The Labute approximate surface area is 96.4 Å². The van der Waals surface area contributed by atoms with Crippen LogP contribution in [0.1, 0.15) is 5.56 Å². The number of carbonyl (C=O) groups is 1. The Kier molecular flexibility index (Phi) is 4.13. The highest BCUT2D eigenvalue weighted by molar-refractivity contribution is 9.10. The van der Waals surface area contributed by atoms with Crippen molar-refractivity contribution in [1.82, 2.24) is 5.32 Å². The number of benzene rings is 1. The minimum absolute atomic E-state index is 0.103. The Bertz CT molecular complexity index is 412. The number of carbonyl (C=O) groups excluding carboxylic acids is 1. The summed E-state index contributed by atoms with van der Waals surface area (Å²) < 4.78 is 0.806. The van der Waals surface area contributed by atoms with Crippen molar-refractivity contribution < 1.29 is 4.79 Å². The molecule has 1 aromatic rings. The summed E-state index contributed by atoms with van der Waals surface area (Å²) in [6.45, 7) is 0.192. The van der Waals surface area contributed by atoms with Gasteiger partial charge in [0, 0.05) is 17.2 Å². The Morgan fingerprint density at radius 1 is 1.53 bits per heavy atom. The number of anilines is 1. The van der Waals surface area contributed by atoms with Crippen molar-refractivity contribution in [3.63, 3.8) is 0 Å². The number of hydrogen-bond donors (Lipinski definition) is 2. The Morgan fingerprint density at radius 3 is 2.87 bits per heavy atom. The molecule has 0 unspecified atom stereocenters. The van der Waals surface area contributed by atoms with Crippen LogP contribution in [0.2, 0.25) is 0 Å². The average Bonchev–Trinajstić information content (AvgIpc) is 2.25. The van der Waals surface area contributed by atoms with Crippen molar-refractivity contribution in [1.29, 1.82) is 5.26 Å². The van der Waals surface area contributed by atoms with E-state index >= 15 is 0 Å². The molecule has 0 aliphatic rings. The fourth-order valence-corrected chi connectivity index (χ4v) is 1.52. The predicted molar refractivity (Wildman–Crippen MR) is 61.4 cm³/mol. The summed E-state index contributed by atoms with van der Waals surface area (Å²) >= 11 is 3.29. The number of amides is 1. The van der Waals surface area contributed by atoms with Crippen molar-refractivity contribution in [2.24, 2.45) is 0 Å². The first kappa shape index (κ1) is 11.5. The molecule has 5 heteroatoms. The number of rotatable bonds is 3. The zero-order valence-electron chi connectivity index (χ0n) is 8.17. The van der Waals surface area contributed by atoms with Gasteiger partial charge in [0.05, 0.1) is 18.2 Å². The van der Waals surface area contributed by atoms with Crippen LogP contribution in [0.15, 0.2) is 22.7 Å². The van der Waals surface area contributed by atoms with Crippen LogP contribution in [0.5, 0.6) is 0 Å². The van der Waals surface area contributed by atoms with Crippen LogP contribution in [0.4, 0.5) is 5.69 Å². The van der Waals surface area contributed by atoms with Crippen LogP contribution in [0.3, 0.4) is 0 Å². The monoisotopic (exact) mass is 267 g/mol. The normalized spacial score (nSPS) is 9.13. The molecule has 0 atom stereocenters. The van der Waals surface area contributed by atoms with Crippen LogP contribution in [0, 0.1) is 11.3 Å². The van der Waals surface area contributed by atoms with Gasteiger partial charge in [-0.15, -0.1) is 0 Å². The highest BCUT2D eigenvalue weighted by Crippen LogP contribution is 2.18. The minimum atomic E-state index is -0.103. The van der Waals surface area contributed by atoms with Crippen LogP contribution in [-0.4, -0.2) is 19.5 Å². The third-order valence-electron chi connectivity index (χ3n) is 1.76. The van der Waals surface area contributed by atoms with Crippen LogP contribution < -0.4 is 10.6 Å². The fraction of sp³-hybridized carbons (Fsp3) is 0.200. The minimum Gasteiger partial charge on any atom is -0.376 e. The molecular formula is C10H10BrN3O. The number of halogens is 1. The van der Waals surface area contributed by atoms with Gasteiger partial charge in [0.1, 0.15) is 0 Å². The molecule has 0 aliphatic heterocycles. The van der Waals surface area contributed by atoms with E-state index in [9.17, 15) is 4.79 Å². The first-order valence-electron chi connectivity index (χ1n) is 4.31. The number of nitrogens with zero attached hydrogens (tertiary/aromatic N) is 1. The van der Waals surface area contributed by atoms with E-state index in [-0.39, 0.29) is 12.5 Å². The maximum Gasteiger partial charge on any atom is 0.239 e. The van der Waals surface area contributed by atoms with E-state index < -0.39 is 0 Å². The van der Waals surface area contributed by atoms with E-state index in [4.69, 9.17) is 5.26 Å². The van der Waals surface area contributed by atoms with Gasteiger partial charge in [0.25, 0.3) is 0 Å². The number of likely N-dealkylation sites (N-methyl/N-ethyl adjacent to an activating group) is 1. The molecule has 0 aromatic heterocycles. The van der Waals surface area contributed by atoms with E-state index in [1.165, 1.54) is 0 Å². The number of nitriles is 1. The van der Waals surface area contributed by atoms with E-state index in [0.717, 1.165) is 10.2 Å². The summed E-state index contributed by atoms with van der Waals surface area (Å²) in [7, 11) is 1.58. The smallest absolute Gasteiger partial charge is 0.239 e. The molecule has 0 saturated heterocycles. The van der Waals surface area contributed by atoms with Gasteiger partial charge in [-0.3, -0.25) is 4.79 Å². The molecule has 0 aliphatic carbocycles. The first-order valence-corrected chi connectivity index (χ1v) is 5.10. The van der Waals surface area contributed by atoms with E-state index in [0.29, 0.717) is 5.56 Å². The van der Waals surface area contributed by atoms with E-state index in [1.54, 1.807) is 19.2 Å². The van der Waals surface area contributed by atoms with Gasteiger partial charge < -0.3 is 10.6 Å². The number of nitrogens with one attached hydrogen (secondary N) is 2. The molecule has 0 bridgehead atoms. The summed E-state index contributed by atoms with van der Waals surface area (Å²) in [6.07, 6.45) is 0. The molecule has 0 fully saturated rings. The second-order valence-electron chi connectivity index (χ2n) is 2.87. The molecule has 2 N–H and O–H groups in total. The van der Waals surface area contributed by atoms with Gasteiger partial charge in [-0.05, 0) is 18.2 Å². The third-order valence-corrected chi connectivity index (χ3v) is 2.22. The largest absolute Gasteiger partial charge is 0.376 e. The summed E-state index contributed by atoms with van der Waals surface area (Å²) in [5.41, 5.74) is 1.29. The molecule has 15 heavy (non-hydrogen) atoms. The van der Waals surface area contributed by atoms with Gasteiger partial charge >= 0.3 is 0 Å². The SMILES string of the molecule is CNC(=O)CNc1cc(Br)cc(C#N)c1. The standard InChI is InChI=1S/C10H10BrN3O/c1-13-10(15)6-14-9-3-7(5-12)2-8(11)4-9/h2-4,14H,6H2,1H3,(H,13,15). The maximum atomic E-state index is 11.0. The molecule has 4 nitrogen and oxygen atoms in total. The Hall–Kier alpha value is -1.54. The highest BCUT2D eigenvalue weighted by Gasteiger charge is 2.00. The summed E-state index contributed by atoms with van der Waals surface area (Å²) in [6, 6.07) is 7.25. The lowest BCUT2D eigenvalue weighted by atomic mass is 10.2. The van der Waals surface area contributed by atoms with Crippen molar-refractivity contribution in [3.8, 4) is 6.07 Å². The van der Waals surface area contributed by atoms with Crippen LogP contribution >= 0.6 is 15.9 Å². The topological polar surface area (TPSA) is 64.9 Å². The molecule has 1 rings (SSSR count). The van der Waals surface area contributed by atoms with Gasteiger partial charge in [-0.1, -0.05) is 15.9 Å².